The fourth-order valence-electron chi connectivity index (χ4n) is 3.39. The molecule has 4 rings (SSSR count). The van der Waals surface area contributed by atoms with Crippen LogP contribution in [0.15, 0.2) is 77.4 Å². The van der Waals surface area contributed by atoms with E-state index in [9.17, 15) is 14.0 Å². The molecule has 0 aliphatic rings. The van der Waals surface area contributed by atoms with Crippen molar-refractivity contribution in [2.45, 2.75) is 6.42 Å². The van der Waals surface area contributed by atoms with Gasteiger partial charge in [0.2, 0.25) is 0 Å². The first kappa shape index (κ1) is 21.7. The molecule has 0 saturated carbocycles. The molecule has 0 spiro atoms. The lowest BCUT2D eigenvalue weighted by molar-refractivity contribution is -0.121. The molecule has 0 aliphatic heterocycles. The summed E-state index contributed by atoms with van der Waals surface area (Å²) in [6.07, 6.45) is 1.50. The van der Waals surface area contributed by atoms with Gasteiger partial charge in [-0.1, -0.05) is 30.3 Å². The second-order valence-corrected chi connectivity index (χ2v) is 7.03. The Hall–Kier alpha value is -4.51. The van der Waals surface area contributed by atoms with Gasteiger partial charge >= 0.3 is 5.97 Å². The molecule has 2 aromatic heterocycles. The third kappa shape index (κ3) is 4.72. The number of carbonyl (C=O) groups is 2. The number of amides is 1. The number of para-hydroxylation sites is 2. The molecular weight excluding hydrogens is 425 g/mol. The SMILES string of the molecule is N#CCCN(C(=O)COC(=O)c1cc(-c2ccco2)nc2ccccc12)c1ccccc1F. The second kappa shape index (κ2) is 9.75. The number of carbonyl (C=O) groups excluding carboxylic acids is 2. The van der Waals surface area contributed by atoms with Crippen molar-refractivity contribution >= 4 is 28.5 Å². The molecule has 2 aromatic carbocycles. The van der Waals surface area contributed by atoms with E-state index in [1.807, 2.05) is 6.07 Å². The van der Waals surface area contributed by atoms with E-state index in [1.54, 1.807) is 42.5 Å². The summed E-state index contributed by atoms with van der Waals surface area (Å²) in [7, 11) is 0. The lowest BCUT2D eigenvalue weighted by Gasteiger charge is -2.22. The number of furan rings is 1. The maximum absolute atomic E-state index is 14.2. The third-order valence-electron chi connectivity index (χ3n) is 4.93. The Morgan fingerprint density at radius 1 is 1.09 bits per heavy atom. The minimum absolute atomic E-state index is 0.00444. The van der Waals surface area contributed by atoms with Crippen LogP contribution >= 0.6 is 0 Å². The van der Waals surface area contributed by atoms with Crippen molar-refractivity contribution in [3.8, 4) is 17.5 Å². The van der Waals surface area contributed by atoms with Crippen molar-refractivity contribution in [3.05, 3.63) is 84.4 Å². The van der Waals surface area contributed by atoms with Gasteiger partial charge in [0.15, 0.2) is 12.4 Å². The molecule has 0 bridgehead atoms. The van der Waals surface area contributed by atoms with Gasteiger partial charge in [0.1, 0.15) is 11.5 Å². The summed E-state index contributed by atoms with van der Waals surface area (Å²) in [6, 6.07) is 19.7. The fourth-order valence-corrected chi connectivity index (χ4v) is 3.39. The fraction of sp³-hybridized carbons (Fsp3) is 0.120. The standard InChI is InChI=1S/C25H18FN3O4/c26-19-8-2-4-10-22(19)29(13-6-12-27)24(30)16-33-25(31)18-15-21(23-11-5-14-32-23)28-20-9-3-1-7-17(18)20/h1-5,7-11,14-15H,6,13,16H2. The first-order valence-corrected chi connectivity index (χ1v) is 10.1. The number of anilines is 1. The van der Waals surface area contributed by atoms with Crippen molar-refractivity contribution in [3.63, 3.8) is 0 Å². The first-order valence-electron chi connectivity index (χ1n) is 10.1. The van der Waals surface area contributed by atoms with Gasteiger partial charge in [-0.2, -0.15) is 5.26 Å². The highest BCUT2D eigenvalue weighted by molar-refractivity contribution is 6.05. The monoisotopic (exact) mass is 443 g/mol. The van der Waals surface area contributed by atoms with E-state index in [2.05, 4.69) is 4.98 Å². The van der Waals surface area contributed by atoms with E-state index in [4.69, 9.17) is 14.4 Å². The zero-order valence-electron chi connectivity index (χ0n) is 17.4. The number of fused-ring (bicyclic) bond motifs is 1. The van der Waals surface area contributed by atoms with Gasteiger partial charge in [-0.05, 0) is 36.4 Å². The summed E-state index contributed by atoms with van der Waals surface area (Å²) in [5, 5.41) is 9.46. The van der Waals surface area contributed by atoms with E-state index in [-0.39, 0.29) is 24.2 Å². The summed E-state index contributed by atoms with van der Waals surface area (Å²) in [4.78, 5) is 31.4. The van der Waals surface area contributed by atoms with Gasteiger partial charge in [0.25, 0.3) is 5.91 Å². The zero-order chi connectivity index (χ0) is 23.2. The molecule has 8 heteroatoms. The van der Waals surface area contributed by atoms with Crippen LogP contribution in [0.4, 0.5) is 10.1 Å². The Balaban J connectivity index is 1.58. The number of rotatable bonds is 7. The van der Waals surface area contributed by atoms with Crippen molar-refractivity contribution in [1.29, 1.82) is 5.26 Å². The van der Waals surface area contributed by atoms with E-state index in [0.29, 0.717) is 22.4 Å². The third-order valence-corrected chi connectivity index (χ3v) is 4.93. The largest absolute Gasteiger partial charge is 0.463 e. The van der Waals surface area contributed by atoms with Crippen LogP contribution < -0.4 is 4.90 Å². The van der Waals surface area contributed by atoms with Crippen LogP contribution in [0.1, 0.15) is 16.8 Å². The van der Waals surface area contributed by atoms with Crippen molar-refractivity contribution < 1.29 is 23.1 Å². The molecule has 0 fully saturated rings. The summed E-state index contributed by atoms with van der Waals surface area (Å²) >= 11 is 0. The molecular formula is C25H18FN3O4. The average Bonchev–Trinajstić information content (AvgIpc) is 3.38. The number of aromatic nitrogens is 1. The number of halogens is 1. The molecule has 33 heavy (non-hydrogen) atoms. The maximum Gasteiger partial charge on any atom is 0.339 e. The first-order chi connectivity index (χ1) is 16.1. The Bertz CT molecular complexity index is 1350. The Labute approximate surface area is 188 Å². The van der Waals surface area contributed by atoms with Gasteiger partial charge in [0, 0.05) is 11.9 Å². The van der Waals surface area contributed by atoms with Gasteiger partial charge < -0.3 is 14.1 Å². The molecule has 0 atom stereocenters. The van der Waals surface area contributed by atoms with Crippen molar-refractivity contribution in [1.82, 2.24) is 4.98 Å². The van der Waals surface area contributed by atoms with Crippen LogP contribution in [0.25, 0.3) is 22.4 Å². The maximum atomic E-state index is 14.2. The predicted octanol–water partition coefficient (Wildman–Crippen LogP) is 4.74. The molecule has 0 aliphatic carbocycles. The van der Waals surface area contributed by atoms with E-state index in [1.165, 1.54) is 30.5 Å². The van der Waals surface area contributed by atoms with Crippen molar-refractivity contribution in [2.75, 3.05) is 18.1 Å². The topological polar surface area (TPSA) is 96.4 Å². The number of nitrogens with zero attached hydrogens (tertiary/aromatic N) is 3. The molecule has 0 radical (unpaired) electrons. The highest BCUT2D eigenvalue weighted by Gasteiger charge is 2.22. The minimum Gasteiger partial charge on any atom is -0.463 e. The van der Waals surface area contributed by atoms with Crippen LogP contribution in [-0.4, -0.2) is 30.0 Å². The molecule has 7 nitrogen and oxygen atoms in total. The number of benzene rings is 2. The molecule has 0 unspecified atom stereocenters. The Kier molecular flexibility index (Phi) is 6.41. The van der Waals surface area contributed by atoms with Crippen LogP contribution in [0.2, 0.25) is 0 Å². The Morgan fingerprint density at radius 2 is 1.88 bits per heavy atom. The zero-order valence-corrected chi connectivity index (χ0v) is 17.4. The molecule has 164 valence electrons. The van der Waals surface area contributed by atoms with Gasteiger partial charge in [0.05, 0.1) is 35.5 Å². The number of ether oxygens (including phenoxy) is 1. The van der Waals surface area contributed by atoms with Crippen molar-refractivity contribution in [2.24, 2.45) is 0 Å². The van der Waals surface area contributed by atoms with Gasteiger partial charge in [-0.25, -0.2) is 14.2 Å². The molecule has 0 N–H and O–H groups in total. The number of nitriles is 1. The summed E-state index contributed by atoms with van der Waals surface area (Å²) < 4.78 is 24.9. The van der Waals surface area contributed by atoms with Crippen LogP contribution in [0.5, 0.6) is 0 Å². The highest BCUT2D eigenvalue weighted by Crippen LogP contribution is 2.26. The number of hydrogen-bond donors (Lipinski definition) is 0. The Morgan fingerprint density at radius 3 is 2.64 bits per heavy atom. The quantitative estimate of drug-likeness (QED) is 0.383. The molecule has 4 aromatic rings. The second-order valence-electron chi connectivity index (χ2n) is 7.03. The lowest BCUT2D eigenvalue weighted by Crippen LogP contribution is -2.36. The highest BCUT2D eigenvalue weighted by atomic mass is 19.1. The smallest absolute Gasteiger partial charge is 0.339 e. The van der Waals surface area contributed by atoms with Gasteiger partial charge in [-0.15, -0.1) is 0 Å². The number of hydrogen-bond acceptors (Lipinski definition) is 6. The average molecular weight is 443 g/mol. The normalized spacial score (nSPS) is 10.5. The van der Waals surface area contributed by atoms with Crippen LogP contribution in [-0.2, 0) is 9.53 Å². The molecule has 1 amide bonds. The van der Waals surface area contributed by atoms with E-state index in [0.717, 1.165) is 4.90 Å². The minimum atomic E-state index is -0.733. The van der Waals surface area contributed by atoms with E-state index >= 15 is 0 Å². The molecule has 2 heterocycles. The van der Waals surface area contributed by atoms with E-state index < -0.39 is 24.3 Å². The number of esters is 1. The summed E-state index contributed by atoms with van der Waals surface area (Å²) in [5.74, 6) is -1.51. The summed E-state index contributed by atoms with van der Waals surface area (Å²) in [5.41, 5.74) is 1.24. The predicted molar refractivity (Wildman–Crippen MR) is 119 cm³/mol. The lowest BCUT2D eigenvalue weighted by atomic mass is 10.1. The van der Waals surface area contributed by atoms with Crippen LogP contribution in [0, 0.1) is 17.1 Å². The summed E-state index contributed by atoms with van der Waals surface area (Å²) in [6.45, 7) is -0.653. The molecule has 0 saturated heterocycles. The van der Waals surface area contributed by atoms with Gasteiger partial charge in [-0.3, -0.25) is 4.79 Å². The number of pyridine rings is 1. The van der Waals surface area contributed by atoms with Crippen LogP contribution in [0.3, 0.4) is 0 Å².